The van der Waals surface area contributed by atoms with Crippen molar-refractivity contribution in [2.75, 3.05) is 6.54 Å². The highest BCUT2D eigenvalue weighted by Gasteiger charge is 2.09. The Morgan fingerprint density at radius 1 is 1.32 bits per heavy atom. The average Bonchev–Trinajstić information content (AvgIpc) is 2.31. The molecule has 0 radical (unpaired) electrons. The van der Waals surface area contributed by atoms with Crippen LogP contribution in [0.2, 0.25) is 0 Å². The maximum atomic E-state index is 11.9. The number of hydrogen-bond acceptors (Lipinski definition) is 2. The van der Waals surface area contributed by atoms with Gasteiger partial charge < -0.3 is 5.73 Å². The number of nitrogens with two attached hydrogens (primary N) is 1. The highest BCUT2D eigenvalue weighted by Crippen LogP contribution is 2.13. The van der Waals surface area contributed by atoms with Gasteiger partial charge in [0.2, 0.25) is 5.91 Å². The number of guanidine groups is 1. The highest BCUT2D eigenvalue weighted by molar-refractivity contribution is 5.97. The molecule has 0 fully saturated rings. The summed E-state index contributed by atoms with van der Waals surface area (Å²) in [6.45, 7) is 8.73. The zero-order valence-electron chi connectivity index (χ0n) is 12.2. The van der Waals surface area contributed by atoms with Crippen molar-refractivity contribution in [3.8, 4) is 0 Å². The number of carbonyl (C=O) groups excluding carboxylic acids is 1. The maximum Gasteiger partial charge on any atom is 0.231 e. The fourth-order valence-corrected chi connectivity index (χ4v) is 1.80. The predicted octanol–water partition coefficient (Wildman–Crippen LogP) is 1.93. The monoisotopic (exact) mass is 261 g/mol. The van der Waals surface area contributed by atoms with Gasteiger partial charge in [-0.1, -0.05) is 32.0 Å². The molecule has 3 N–H and O–H groups in total. The van der Waals surface area contributed by atoms with Gasteiger partial charge in [-0.3, -0.25) is 15.1 Å². The fourth-order valence-electron chi connectivity index (χ4n) is 1.80. The Morgan fingerprint density at radius 3 is 2.42 bits per heavy atom. The Kier molecular flexibility index (Phi) is 5.55. The second kappa shape index (κ2) is 6.92. The lowest BCUT2D eigenvalue weighted by Crippen LogP contribution is -2.38. The van der Waals surface area contributed by atoms with E-state index in [2.05, 4.69) is 24.2 Å². The number of aryl methyl sites for hydroxylation is 2. The minimum atomic E-state index is -0.123. The van der Waals surface area contributed by atoms with Crippen LogP contribution in [0.4, 0.5) is 0 Å². The van der Waals surface area contributed by atoms with Gasteiger partial charge in [-0.2, -0.15) is 0 Å². The number of carbonyl (C=O) groups is 1. The molecule has 104 valence electrons. The molecule has 4 heteroatoms. The molecule has 4 nitrogen and oxygen atoms in total. The second-order valence-electron chi connectivity index (χ2n) is 5.22. The largest absolute Gasteiger partial charge is 0.370 e. The lowest BCUT2D eigenvalue weighted by molar-refractivity contribution is -0.119. The first kappa shape index (κ1) is 15.2. The third kappa shape index (κ3) is 5.12. The van der Waals surface area contributed by atoms with Gasteiger partial charge >= 0.3 is 0 Å². The number of hydrogen-bond donors (Lipinski definition) is 2. The van der Waals surface area contributed by atoms with Gasteiger partial charge in [-0.05, 0) is 36.5 Å². The molecule has 0 bridgehead atoms. The number of aliphatic imine (C=N–C) groups is 1. The Bertz CT molecular complexity index is 458. The zero-order valence-corrected chi connectivity index (χ0v) is 12.2. The average molecular weight is 261 g/mol. The van der Waals surface area contributed by atoms with E-state index in [4.69, 9.17) is 5.73 Å². The van der Waals surface area contributed by atoms with Crippen LogP contribution in [-0.2, 0) is 11.2 Å². The highest BCUT2D eigenvalue weighted by atomic mass is 16.1. The SMILES string of the molecule is Cc1cccc(C)c1CC(=O)NC(N)=NCC(C)C. The summed E-state index contributed by atoms with van der Waals surface area (Å²) in [5, 5.41) is 2.63. The van der Waals surface area contributed by atoms with Crippen LogP contribution >= 0.6 is 0 Å². The Balaban J connectivity index is 2.63. The van der Waals surface area contributed by atoms with E-state index < -0.39 is 0 Å². The van der Waals surface area contributed by atoms with Crippen LogP contribution in [0, 0.1) is 19.8 Å². The van der Waals surface area contributed by atoms with Crippen LogP contribution < -0.4 is 11.1 Å². The van der Waals surface area contributed by atoms with E-state index in [-0.39, 0.29) is 11.9 Å². The van der Waals surface area contributed by atoms with Crippen molar-refractivity contribution in [1.82, 2.24) is 5.32 Å². The zero-order chi connectivity index (χ0) is 14.4. The molecule has 0 aliphatic carbocycles. The molecule has 1 amide bonds. The Morgan fingerprint density at radius 2 is 1.89 bits per heavy atom. The minimum absolute atomic E-state index is 0.123. The van der Waals surface area contributed by atoms with Crippen LogP contribution in [0.5, 0.6) is 0 Å². The van der Waals surface area contributed by atoms with Crippen molar-refractivity contribution in [3.63, 3.8) is 0 Å². The summed E-state index contributed by atoms with van der Waals surface area (Å²) >= 11 is 0. The molecule has 0 saturated carbocycles. The van der Waals surface area contributed by atoms with Crippen LogP contribution in [0.25, 0.3) is 0 Å². The first-order valence-electron chi connectivity index (χ1n) is 6.55. The van der Waals surface area contributed by atoms with Gasteiger partial charge in [0.15, 0.2) is 5.96 Å². The molecule has 0 unspecified atom stereocenters. The Labute approximate surface area is 115 Å². The molecule has 1 rings (SSSR count). The molecule has 0 atom stereocenters. The summed E-state index contributed by atoms with van der Waals surface area (Å²) in [4.78, 5) is 16.0. The van der Waals surface area contributed by atoms with Crippen molar-refractivity contribution < 1.29 is 4.79 Å². The molecule has 0 saturated heterocycles. The predicted molar refractivity (Wildman–Crippen MR) is 79.1 cm³/mol. The number of benzene rings is 1. The van der Waals surface area contributed by atoms with E-state index >= 15 is 0 Å². The normalized spacial score (nSPS) is 11.7. The molecule has 1 aromatic rings. The standard InChI is InChI=1S/C15H23N3O/c1-10(2)9-17-15(16)18-14(19)8-13-11(3)6-5-7-12(13)4/h5-7,10H,8-9H2,1-4H3,(H3,16,17,18,19). The summed E-state index contributed by atoms with van der Waals surface area (Å²) in [5.41, 5.74) is 8.96. The van der Waals surface area contributed by atoms with E-state index in [0.717, 1.165) is 16.7 Å². The maximum absolute atomic E-state index is 11.9. The molecule has 0 spiro atoms. The second-order valence-corrected chi connectivity index (χ2v) is 5.22. The van der Waals surface area contributed by atoms with Crippen molar-refractivity contribution in [2.24, 2.45) is 16.6 Å². The van der Waals surface area contributed by atoms with Crippen molar-refractivity contribution in [3.05, 3.63) is 34.9 Å². The van der Waals surface area contributed by atoms with Gasteiger partial charge in [0.25, 0.3) is 0 Å². The number of amides is 1. The molecular formula is C15H23N3O. The smallest absolute Gasteiger partial charge is 0.231 e. The third-order valence-electron chi connectivity index (χ3n) is 2.88. The number of nitrogens with zero attached hydrogens (tertiary/aromatic N) is 1. The summed E-state index contributed by atoms with van der Waals surface area (Å²) in [7, 11) is 0. The van der Waals surface area contributed by atoms with Gasteiger partial charge in [0, 0.05) is 6.54 Å². The van der Waals surface area contributed by atoms with Crippen LogP contribution in [0.1, 0.15) is 30.5 Å². The first-order valence-corrected chi connectivity index (χ1v) is 6.55. The molecule has 0 aliphatic rings. The molecule has 0 heterocycles. The minimum Gasteiger partial charge on any atom is -0.370 e. The molecule has 0 aromatic heterocycles. The van der Waals surface area contributed by atoms with E-state index in [1.165, 1.54) is 0 Å². The molecule has 1 aromatic carbocycles. The fraction of sp³-hybridized carbons (Fsp3) is 0.467. The molecule has 19 heavy (non-hydrogen) atoms. The van der Waals surface area contributed by atoms with E-state index in [1.807, 2.05) is 32.0 Å². The third-order valence-corrected chi connectivity index (χ3v) is 2.88. The first-order chi connectivity index (χ1) is 8.90. The summed E-state index contributed by atoms with van der Waals surface area (Å²) in [5.74, 6) is 0.501. The summed E-state index contributed by atoms with van der Waals surface area (Å²) in [6, 6.07) is 6.00. The van der Waals surface area contributed by atoms with Gasteiger partial charge in [-0.15, -0.1) is 0 Å². The molecule has 0 aliphatic heterocycles. The van der Waals surface area contributed by atoms with Crippen molar-refractivity contribution >= 4 is 11.9 Å². The van der Waals surface area contributed by atoms with E-state index in [0.29, 0.717) is 18.9 Å². The topological polar surface area (TPSA) is 67.5 Å². The quantitative estimate of drug-likeness (QED) is 0.642. The van der Waals surface area contributed by atoms with Gasteiger partial charge in [-0.25, -0.2) is 0 Å². The van der Waals surface area contributed by atoms with Crippen molar-refractivity contribution in [2.45, 2.75) is 34.1 Å². The summed E-state index contributed by atoms with van der Waals surface area (Å²) in [6.07, 6.45) is 0.330. The number of rotatable bonds is 4. The van der Waals surface area contributed by atoms with E-state index in [9.17, 15) is 4.79 Å². The lowest BCUT2D eigenvalue weighted by atomic mass is 10.00. The Hall–Kier alpha value is -1.84. The number of nitrogens with one attached hydrogen (secondary N) is 1. The van der Waals surface area contributed by atoms with Gasteiger partial charge in [0.05, 0.1) is 6.42 Å². The summed E-state index contributed by atoms with van der Waals surface area (Å²) < 4.78 is 0. The van der Waals surface area contributed by atoms with Gasteiger partial charge in [0.1, 0.15) is 0 Å². The van der Waals surface area contributed by atoms with E-state index in [1.54, 1.807) is 0 Å². The van der Waals surface area contributed by atoms with Crippen LogP contribution in [0.15, 0.2) is 23.2 Å². The van der Waals surface area contributed by atoms with Crippen LogP contribution in [0.3, 0.4) is 0 Å². The lowest BCUT2D eigenvalue weighted by Gasteiger charge is -2.10. The molecular weight excluding hydrogens is 238 g/mol. The van der Waals surface area contributed by atoms with Crippen molar-refractivity contribution in [1.29, 1.82) is 0 Å². The van der Waals surface area contributed by atoms with Crippen LogP contribution in [-0.4, -0.2) is 18.4 Å².